The molecule has 2 aromatic rings. The van der Waals surface area contributed by atoms with Crippen LogP contribution in [0.2, 0.25) is 0 Å². The maximum atomic E-state index is 9.34. The Morgan fingerprint density at radius 2 is 2.28 bits per heavy atom. The zero-order chi connectivity index (χ0) is 13.2. The smallest absolute Gasteiger partial charge is 0.155 e. The van der Waals surface area contributed by atoms with E-state index >= 15 is 0 Å². The van der Waals surface area contributed by atoms with Gasteiger partial charge in [-0.15, -0.1) is 0 Å². The highest BCUT2D eigenvalue weighted by atomic mass is 16.3. The molecule has 0 fully saturated rings. The number of nitrogens with one attached hydrogen (secondary N) is 1. The molecule has 0 bridgehead atoms. The molecule has 0 saturated carbocycles. The third-order valence-electron chi connectivity index (χ3n) is 3.34. The largest absolute Gasteiger partial charge is 0.394 e. The lowest BCUT2D eigenvalue weighted by Gasteiger charge is -2.27. The summed E-state index contributed by atoms with van der Waals surface area (Å²) < 4.78 is 1.79. The number of hydrogen-bond acceptors (Lipinski definition) is 4. The Hall–Kier alpha value is -1.46. The van der Waals surface area contributed by atoms with Crippen LogP contribution in [0.4, 0.5) is 0 Å². The minimum atomic E-state index is -0.241. The van der Waals surface area contributed by atoms with Crippen molar-refractivity contribution in [1.29, 1.82) is 0 Å². The van der Waals surface area contributed by atoms with E-state index in [1.165, 1.54) is 0 Å². The minimum Gasteiger partial charge on any atom is -0.394 e. The molecule has 2 rings (SSSR count). The van der Waals surface area contributed by atoms with Crippen LogP contribution < -0.4 is 5.32 Å². The molecule has 0 saturated heterocycles. The molecule has 18 heavy (non-hydrogen) atoms. The molecular weight excluding hydrogens is 228 g/mol. The Labute approximate surface area is 107 Å². The van der Waals surface area contributed by atoms with Gasteiger partial charge >= 0.3 is 0 Å². The summed E-state index contributed by atoms with van der Waals surface area (Å²) in [5, 5.41) is 17.0. The Balaban J connectivity index is 2.12. The molecule has 1 unspecified atom stereocenters. The van der Waals surface area contributed by atoms with Crippen LogP contribution in [0.3, 0.4) is 0 Å². The molecule has 0 aromatic carbocycles. The zero-order valence-electron chi connectivity index (χ0n) is 11.1. The van der Waals surface area contributed by atoms with Crippen molar-refractivity contribution >= 4 is 5.65 Å². The fourth-order valence-corrected chi connectivity index (χ4v) is 1.73. The first-order valence-electron chi connectivity index (χ1n) is 6.23. The Morgan fingerprint density at radius 1 is 1.50 bits per heavy atom. The normalized spacial score (nSPS) is 14.9. The van der Waals surface area contributed by atoms with Gasteiger partial charge in [-0.05, 0) is 20.3 Å². The third kappa shape index (κ3) is 2.68. The van der Waals surface area contributed by atoms with Gasteiger partial charge < -0.3 is 10.4 Å². The topological polar surface area (TPSA) is 62.5 Å². The van der Waals surface area contributed by atoms with Crippen LogP contribution in [0.1, 0.15) is 31.5 Å². The van der Waals surface area contributed by atoms with Crippen molar-refractivity contribution in [2.45, 2.75) is 39.3 Å². The molecular formula is C13H20N4O. The first-order valence-corrected chi connectivity index (χ1v) is 6.23. The second kappa shape index (κ2) is 5.04. The predicted molar refractivity (Wildman–Crippen MR) is 70.3 cm³/mol. The summed E-state index contributed by atoms with van der Waals surface area (Å²) in [6.07, 6.45) is 4.69. The number of aromatic nitrogens is 3. The van der Waals surface area contributed by atoms with E-state index in [4.69, 9.17) is 0 Å². The molecule has 0 aliphatic rings. The van der Waals surface area contributed by atoms with Gasteiger partial charge in [0.15, 0.2) is 5.65 Å². The lowest BCUT2D eigenvalue weighted by molar-refractivity contribution is 0.169. The average Bonchev–Trinajstić information content (AvgIpc) is 2.75. The van der Waals surface area contributed by atoms with E-state index < -0.39 is 0 Å². The lowest BCUT2D eigenvalue weighted by Crippen LogP contribution is -2.44. The fraction of sp³-hybridized carbons (Fsp3) is 0.538. The second-order valence-electron chi connectivity index (χ2n) is 4.98. The number of aliphatic hydroxyl groups excluding tert-OH is 1. The second-order valence-corrected chi connectivity index (χ2v) is 4.98. The van der Waals surface area contributed by atoms with Crippen LogP contribution in [0, 0.1) is 6.92 Å². The third-order valence-corrected chi connectivity index (χ3v) is 3.34. The van der Waals surface area contributed by atoms with E-state index in [-0.39, 0.29) is 12.1 Å². The van der Waals surface area contributed by atoms with E-state index in [1.54, 1.807) is 4.52 Å². The summed E-state index contributed by atoms with van der Waals surface area (Å²) in [6, 6.07) is 1.95. The van der Waals surface area contributed by atoms with E-state index in [9.17, 15) is 5.11 Å². The summed E-state index contributed by atoms with van der Waals surface area (Å²) in [7, 11) is 0. The van der Waals surface area contributed by atoms with E-state index in [0.717, 1.165) is 23.3 Å². The van der Waals surface area contributed by atoms with Gasteiger partial charge in [0.1, 0.15) is 0 Å². The number of aliphatic hydroxyl groups is 1. The van der Waals surface area contributed by atoms with Gasteiger partial charge in [-0.3, -0.25) is 0 Å². The molecule has 98 valence electrons. The fourth-order valence-electron chi connectivity index (χ4n) is 1.73. The van der Waals surface area contributed by atoms with Gasteiger partial charge in [0.2, 0.25) is 0 Å². The van der Waals surface area contributed by atoms with Crippen molar-refractivity contribution in [3.05, 3.63) is 29.7 Å². The molecule has 0 amide bonds. The van der Waals surface area contributed by atoms with Gasteiger partial charge in [0.25, 0.3) is 0 Å². The number of hydrogen-bond donors (Lipinski definition) is 2. The Morgan fingerprint density at radius 3 is 2.94 bits per heavy atom. The molecule has 2 heterocycles. The van der Waals surface area contributed by atoms with Crippen LogP contribution in [-0.4, -0.2) is 31.9 Å². The van der Waals surface area contributed by atoms with Gasteiger partial charge in [0.05, 0.1) is 12.3 Å². The first-order chi connectivity index (χ1) is 8.56. The van der Waals surface area contributed by atoms with Crippen molar-refractivity contribution in [2.24, 2.45) is 0 Å². The summed E-state index contributed by atoms with van der Waals surface area (Å²) in [5.41, 5.74) is 2.63. The van der Waals surface area contributed by atoms with Crippen LogP contribution in [0.15, 0.2) is 18.5 Å². The average molecular weight is 248 g/mol. The highest BCUT2D eigenvalue weighted by Gasteiger charge is 2.19. The minimum absolute atomic E-state index is 0.125. The molecule has 2 N–H and O–H groups in total. The maximum Gasteiger partial charge on any atom is 0.155 e. The predicted octanol–water partition coefficient (Wildman–Crippen LogP) is 1.29. The van der Waals surface area contributed by atoms with Crippen molar-refractivity contribution in [3.8, 4) is 0 Å². The summed E-state index contributed by atoms with van der Waals surface area (Å²) in [6.45, 7) is 6.82. The zero-order valence-corrected chi connectivity index (χ0v) is 11.1. The van der Waals surface area contributed by atoms with Crippen molar-refractivity contribution in [1.82, 2.24) is 19.9 Å². The number of rotatable bonds is 5. The molecule has 5 heteroatoms. The molecule has 0 radical (unpaired) electrons. The van der Waals surface area contributed by atoms with E-state index in [1.807, 2.05) is 32.3 Å². The number of nitrogens with zero attached hydrogens (tertiary/aromatic N) is 3. The number of fused-ring (bicyclic) bond motifs is 1. The molecule has 2 aromatic heterocycles. The summed E-state index contributed by atoms with van der Waals surface area (Å²) in [4.78, 5) is 4.35. The summed E-state index contributed by atoms with van der Waals surface area (Å²) >= 11 is 0. The molecule has 0 spiro atoms. The Kier molecular flexibility index (Phi) is 3.63. The molecule has 5 nitrogen and oxygen atoms in total. The Bertz CT molecular complexity index is 531. The van der Waals surface area contributed by atoms with Crippen LogP contribution in [0.5, 0.6) is 0 Å². The van der Waals surface area contributed by atoms with Crippen molar-refractivity contribution in [2.75, 3.05) is 6.61 Å². The van der Waals surface area contributed by atoms with Crippen LogP contribution in [-0.2, 0) is 6.54 Å². The first kappa shape index (κ1) is 13.0. The lowest BCUT2D eigenvalue weighted by atomic mass is 10.0. The van der Waals surface area contributed by atoms with Gasteiger partial charge in [-0.2, -0.15) is 5.10 Å². The standard InChI is InChI=1S/C13H20N4O/c1-4-13(3,9-18)15-7-11-6-14-12-5-10(2)16-17(12)8-11/h5-6,8,15,18H,4,7,9H2,1-3H3. The highest BCUT2D eigenvalue weighted by molar-refractivity contribution is 5.38. The maximum absolute atomic E-state index is 9.34. The van der Waals surface area contributed by atoms with Crippen LogP contribution >= 0.6 is 0 Å². The van der Waals surface area contributed by atoms with E-state index in [0.29, 0.717) is 6.54 Å². The molecule has 0 aliphatic heterocycles. The monoisotopic (exact) mass is 248 g/mol. The van der Waals surface area contributed by atoms with Crippen LogP contribution in [0.25, 0.3) is 5.65 Å². The van der Waals surface area contributed by atoms with Gasteiger partial charge in [-0.25, -0.2) is 9.50 Å². The quantitative estimate of drug-likeness (QED) is 0.837. The van der Waals surface area contributed by atoms with Crippen molar-refractivity contribution < 1.29 is 5.11 Å². The highest BCUT2D eigenvalue weighted by Crippen LogP contribution is 2.10. The van der Waals surface area contributed by atoms with E-state index in [2.05, 4.69) is 22.3 Å². The number of aryl methyl sites for hydroxylation is 1. The van der Waals surface area contributed by atoms with Crippen molar-refractivity contribution in [3.63, 3.8) is 0 Å². The molecule has 1 atom stereocenters. The summed E-state index contributed by atoms with van der Waals surface area (Å²) in [5.74, 6) is 0. The molecule has 0 aliphatic carbocycles. The van der Waals surface area contributed by atoms with Gasteiger partial charge in [-0.1, -0.05) is 6.92 Å². The SMILES string of the molecule is CCC(C)(CO)NCc1cnc2cc(C)nn2c1. The van der Waals surface area contributed by atoms with Gasteiger partial charge in [0, 0.05) is 36.1 Å².